The Balaban J connectivity index is 1.35. The fourth-order valence-electron chi connectivity index (χ4n) is 7.08. The Labute approximate surface area is 243 Å². The summed E-state index contributed by atoms with van der Waals surface area (Å²) in [4.78, 5) is 58.4. The van der Waals surface area contributed by atoms with Gasteiger partial charge in [0.1, 0.15) is 6.04 Å². The molecule has 3 heterocycles. The molecule has 1 aromatic rings. The summed E-state index contributed by atoms with van der Waals surface area (Å²) in [5.41, 5.74) is 0.163. The van der Waals surface area contributed by atoms with E-state index >= 15 is 0 Å². The molecule has 1 aromatic carbocycles. The van der Waals surface area contributed by atoms with Gasteiger partial charge in [-0.25, -0.2) is 0 Å². The molecular weight excluding hydrogens is 518 g/mol. The van der Waals surface area contributed by atoms with Crippen LogP contribution in [-0.4, -0.2) is 71.7 Å². The molecule has 3 fully saturated rings. The number of allylic oxidation sites excluding steroid dienone is 2. The van der Waals surface area contributed by atoms with Crippen molar-refractivity contribution in [3.05, 3.63) is 48.0 Å². The highest BCUT2D eigenvalue weighted by Crippen LogP contribution is 2.58. The van der Waals surface area contributed by atoms with Crippen LogP contribution in [0.5, 0.6) is 0 Å². The predicted molar refractivity (Wildman–Crippen MR) is 155 cm³/mol. The summed E-state index contributed by atoms with van der Waals surface area (Å²) in [6.45, 7) is 3.31. The van der Waals surface area contributed by atoms with Crippen molar-refractivity contribution in [2.24, 2.45) is 17.3 Å². The first-order valence-corrected chi connectivity index (χ1v) is 15.5. The highest BCUT2D eigenvalue weighted by atomic mass is 16.5. The third kappa shape index (κ3) is 6.42. The van der Waals surface area contributed by atoms with Crippen LogP contribution in [0.3, 0.4) is 0 Å². The van der Waals surface area contributed by atoms with Gasteiger partial charge < -0.3 is 19.9 Å². The van der Waals surface area contributed by atoms with Crippen LogP contribution in [-0.2, 0) is 30.5 Å². The number of hydrogen-bond donors (Lipinski definition) is 1. The molecule has 5 rings (SSSR count). The molecular formula is C33H45N3O5. The number of hydrogen-bond acceptors (Lipinski definition) is 5. The van der Waals surface area contributed by atoms with Gasteiger partial charge in [-0.3, -0.25) is 19.2 Å². The number of benzene rings is 1. The average molecular weight is 564 g/mol. The lowest BCUT2D eigenvalue weighted by molar-refractivity contribution is -0.146. The van der Waals surface area contributed by atoms with Gasteiger partial charge in [-0.05, 0) is 50.0 Å². The largest absolute Gasteiger partial charge is 0.380 e. The van der Waals surface area contributed by atoms with E-state index in [0.29, 0.717) is 38.9 Å². The molecule has 4 aliphatic rings. The summed E-state index contributed by atoms with van der Waals surface area (Å²) < 4.78 is 5.59. The number of fused-ring (bicyclic) bond motifs is 2. The predicted octanol–water partition coefficient (Wildman–Crippen LogP) is 4.03. The van der Waals surface area contributed by atoms with Gasteiger partial charge in [-0.2, -0.15) is 0 Å². The summed E-state index contributed by atoms with van der Waals surface area (Å²) >= 11 is 0. The number of amides is 3. The lowest BCUT2D eigenvalue weighted by Gasteiger charge is -2.31. The van der Waals surface area contributed by atoms with Crippen LogP contribution in [0.1, 0.15) is 76.7 Å². The maximum atomic E-state index is 14.3. The van der Waals surface area contributed by atoms with Crippen molar-refractivity contribution in [1.29, 1.82) is 0 Å². The van der Waals surface area contributed by atoms with E-state index in [-0.39, 0.29) is 47.9 Å². The van der Waals surface area contributed by atoms with Gasteiger partial charge in [0.25, 0.3) is 0 Å². The quantitative estimate of drug-likeness (QED) is 0.546. The molecule has 2 saturated heterocycles. The standard InChI is InChI=1S/C33H45N3O5/c1-23-12-7-4-3-5-10-15-25-19-33(25,20-29(37)28-18-26(41-2)22-36(28)31(23)39)32(40)35-17-11-16-27(35)30(38)34-21-24-13-8-6-9-14-24/h6,8-10,13-15,23,25-28H,3-5,7,11-12,16-22H2,1-2H3,(H,34,38)/b15-10-/t23-,25-,26+,27-,28-,33+/m0/s1. The van der Waals surface area contributed by atoms with Gasteiger partial charge in [0.2, 0.25) is 17.7 Å². The highest BCUT2D eigenvalue weighted by Gasteiger charge is 2.62. The molecule has 8 nitrogen and oxygen atoms in total. The Morgan fingerprint density at radius 3 is 2.66 bits per heavy atom. The minimum absolute atomic E-state index is 0.0123. The van der Waals surface area contributed by atoms with Crippen LogP contribution in [0.25, 0.3) is 0 Å². The molecule has 3 aliphatic heterocycles. The van der Waals surface area contributed by atoms with Gasteiger partial charge in [0.15, 0.2) is 5.78 Å². The lowest BCUT2D eigenvalue weighted by atomic mass is 9.90. The molecule has 3 amide bonds. The number of nitrogens with one attached hydrogen (secondary N) is 1. The van der Waals surface area contributed by atoms with Gasteiger partial charge in [0.05, 0.1) is 17.6 Å². The summed E-state index contributed by atoms with van der Waals surface area (Å²) in [6.07, 6.45) is 11.5. The molecule has 1 saturated carbocycles. The van der Waals surface area contributed by atoms with Gasteiger partial charge >= 0.3 is 0 Å². The van der Waals surface area contributed by atoms with E-state index in [4.69, 9.17) is 4.74 Å². The number of methoxy groups -OCH3 is 1. The second kappa shape index (κ2) is 12.9. The molecule has 222 valence electrons. The first-order valence-electron chi connectivity index (χ1n) is 15.5. The molecule has 0 unspecified atom stereocenters. The van der Waals surface area contributed by atoms with Crippen LogP contribution >= 0.6 is 0 Å². The third-order valence-corrected chi connectivity index (χ3v) is 9.72. The fraction of sp³-hybridized carbons (Fsp3) is 0.636. The topological polar surface area (TPSA) is 96.0 Å². The number of ether oxygens (including phenoxy) is 1. The SMILES string of the molecule is CO[C@@H]1C[C@H]2C(=O)C[C@]3(C(=O)N4CCC[C@H]4C(=O)NCc4ccccc4)C[C@@H]3/C=C\CCCCC[C@H](C)C(=O)N2C1. The van der Waals surface area contributed by atoms with E-state index in [2.05, 4.69) is 17.5 Å². The zero-order valence-corrected chi connectivity index (χ0v) is 24.6. The Morgan fingerprint density at radius 1 is 1.07 bits per heavy atom. The lowest BCUT2D eigenvalue weighted by Crippen LogP contribution is -2.50. The molecule has 0 spiro atoms. The number of ketones is 1. The van der Waals surface area contributed by atoms with Crippen molar-refractivity contribution in [3.63, 3.8) is 0 Å². The fourth-order valence-corrected chi connectivity index (χ4v) is 7.08. The number of rotatable bonds is 5. The van der Waals surface area contributed by atoms with Gasteiger partial charge in [-0.1, -0.05) is 62.2 Å². The molecule has 0 bridgehead atoms. The minimum Gasteiger partial charge on any atom is -0.380 e. The maximum absolute atomic E-state index is 14.3. The van der Waals surface area contributed by atoms with Crippen molar-refractivity contribution in [2.45, 2.75) is 95.9 Å². The van der Waals surface area contributed by atoms with Crippen LogP contribution in [0.2, 0.25) is 0 Å². The monoisotopic (exact) mass is 563 g/mol. The Morgan fingerprint density at radius 2 is 1.88 bits per heavy atom. The van der Waals surface area contributed by atoms with Crippen molar-refractivity contribution in [1.82, 2.24) is 15.1 Å². The number of Topliss-reactive ketones (excluding diaryl/α,β-unsaturated/α-hetero) is 1. The Kier molecular flexibility index (Phi) is 9.27. The average Bonchev–Trinajstić information content (AvgIpc) is 3.31. The summed E-state index contributed by atoms with van der Waals surface area (Å²) in [5, 5.41) is 3.02. The number of carbonyl (C=O) groups is 4. The van der Waals surface area contributed by atoms with E-state index in [1.165, 1.54) is 0 Å². The zero-order valence-electron chi connectivity index (χ0n) is 24.6. The zero-order chi connectivity index (χ0) is 29.0. The van der Waals surface area contributed by atoms with Crippen LogP contribution in [0.15, 0.2) is 42.5 Å². The van der Waals surface area contributed by atoms with E-state index in [9.17, 15) is 19.2 Å². The van der Waals surface area contributed by atoms with E-state index in [1.54, 1.807) is 16.9 Å². The van der Waals surface area contributed by atoms with Gasteiger partial charge in [0, 0.05) is 45.5 Å². The number of nitrogens with zero attached hydrogens (tertiary/aromatic N) is 2. The third-order valence-electron chi connectivity index (χ3n) is 9.72. The van der Waals surface area contributed by atoms with Crippen molar-refractivity contribution in [2.75, 3.05) is 20.2 Å². The van der Waals surface area contributed by atoms with Gasteiger partial charge in [-0.15, -0.1) is 0 Å². The molecule has 8 heteroatoms. The first-order chi connectivity index (χ1) is 19.8. The first kappa shape index (κ1) is 29.5. The number of likely N-dealkylation sites (tertiary alicyclic amines) is 1. The van der Waals surface area contributed by atoms with E-state index < -0.39 is 17.5 Å². The smallest absolute Gasteiger partial charge is 0.243 e. The highest BCUT2D eigenvalue weighted by molar-refractivity contribution is 5.98. The van der Waals surface area contributed by atoms with Crippen LogP contribution in [0, 0.1) is 17.3 Å². The number of carbonyl (C=O) groups excluding carboxylic acids is 4. The molecule has 1 N–H and O–H groups in total. The summed E-state index contributed by atoms with van der Waals surface area (Å²) in [7, 11) is 1.62. The maximum Gasteiger partial charge on any atom is 0.243 e. The van der Waals surface area contributed by atoms with Crippen LogP contribution in [0.4, 0.5) is 0 Å². The van der Waals surface area contributed by atoms with E-state index in [0.717, 1.165) is 44.1 Å². The molecule has 1 aliphatic carbocycles. The van der Waals surface area contributed by atoms with E-state index in [1.807, 2.05) is 37.3 Å². The minimum atomic E-state index is -0.846. The molecule has 41 heavy (non-hydrogen) atoms. The summed E-state index contributed by atoms with van der Waals surface area (Å²) in [6, 6.07) is 8.65. The normalized spacial score (nSPS) is 33.4. The Hall–Kier alpha value is -3.00. The second-order valence-corrected chi connectivity index (χ2v) is 12.5. The second-order valence-electron chi connectivity index (χ2n) is 12.5. The van der Waals surface area contributed by atoms with Crippen molar-refractivity contribution >= 4 is 23.5 Å². The molecule has 6 atom stereocenters. The summed E-state index contributed by atoms with van der Waals surface area (Å²) in [5.74, 6) is -0.454. The molecule has 0 aromatic heterocycles. The van der Waals surface area contributed by atoms with Crippen molar-refractivity contribution < 1.29 is 23.9 Å². The Bertz CT molecular complexity index is 1150. The molecule has 0 radical (unpaired) electrons. The van der Waals surface area contributed by atoms with Crippen LogP contribution < -0.4 is 5.32 Å². The van der Waals surface area contributed by atoms with Crippen molar-refractivity contribution in [3.8, 4) is 0 Å².